The summed E-state index contributed by atoms with van der Waals surface area (Å²) in [5.74, 6) is -0.515. The maximum atomic E-state index is 12.8. The van der Waals surface area contributed by atoms with Gasteiger partial charge in [0.15, 0.2) is 0 Å². The summed E-state index contributed by atoms with van der Waals surface area (Å²) in [4.78, 5) is 11.0. The molecule has 1 unspecified atom stereocenters. The highest BCUT2D eigenvalue weighted by molar-refractivity contribution is 9.10. The third-order valence-electron chi connectivity index (χ3n) is 1.55. The van der Waals surface area contributed by atoms with Gasteiger partial charge in [0.2, 0.25) is 5.91 Å². The Labute approximate surface area is 98.1 Å². The highest BCUT2D eigenvalue weighted by Gasteiger charge is 2.09. The molecule has 1 aromatic carbocycles. The Hall–Kier alpha value is -0.420. The van der Waals surface area contributed by atoms with Crippen LogP contribution in [0.1, 0.15) is 6.92 Å². The van der Waals surface area contributed by atoms with Gasteiger partial charge in [0.25, 0.3) is 0 Å². The Bertz CT molecular complexity index is 355. The summed E-state index contributed by atoms with van der Waals surface area (Å²) in [7, 11) is 0. The van der Waals surface area contributed by atoms with Crippen LogP contribution in [-0.2, 0) is 4.79 Å². The van der Waals surface area contributed by atoms with Crippen molar-refractivity contribution in [3.05, 3.63) is 28.5 Å². The van der Waals surface area contributed by atoms with Crippen LogP contribution < -0.4 is 5.32 Å². The fourth-order valence-electron chi connectivity index (χ4n) is 0.816. The number of carbonyl (C=O) groups excluding carboxylic acids is 1. The minimum atomic E-state index is -0.352. The lowest BCUT2D eigenvalue weighted by Crippen LogP contribution is -2.19. The van der Waals surface area contributed by atoms with Gasteiger partial charge in [0, 0.05) is 5.69 Å². The van der Waals surface area contributed by atoms with Gasteiger partial charge in [0.1, 0.15) is 5.82 Å². The first kappa shape index (κ1) is 11.7. The zero-order chi connectivity index (χ0) is 10.7. The molecule has 14 heavy (non-hydrogen) atoms. The largest absolute Gasteiger partial charge is 0.325 e. The Morgan fingerprint density at radius 1 is 1.57 bits per heavy atom. The molecule has 1 aromatic rings. The SMILES string of the molecule is CC(Br)C(=O)Nc1ccc(F)c(Br)c1. The Balaban J connectivity index is 2.78. The van der Waals surface area contributed by atoms with Crippen LogP contribution in [0.3, 0.4) is 0 Å². The number of halogens is 3. The summed E-state index contributed by atoms with van der Waals surface area (Å²) in [5, 5.41) is 2.63. The van der Waals surface area contributed by atoms with E-state index in [4.69, 9.17) is 0 Å². The molecule has 1 atom stereocenters. The van der Waals surface area contributed by atoms with Gasteiger partial charge >= 0.3 is 0 Å². The van der Waals surface area contributed by atoms with Crippen LogP contribution in [0.4, 0.5) is 10.1 Å². The molecule has 76 valence electrons. The number of benzene rings is 1. The average molecular weight is 325 g/mol. The molecule has 0 heterocycles. The van der Waals surface area contributed by atoms with E-state index in [1.165, 1.54) is 18.2 Å². The molecule has 1 amide bonds. The second-order valence-corrected chi connectivity index (χ2v) is 4.96. The number of rotatable bonds is 2. The minimum absolute atomic E-state index is 0.163. The molecule has 0 aromatic heterocycles. The summed E-state index contributed by atoms with van der Waals surface area (Å²) in [6.07, 6.45) is 0. The summed E-state index contributed by atoms with van der Waals surface area (Å²) in [6, 6.07) is 4.31. The van der Waals surface area contributed by atoms with Gasteiger partial charge in [0.05, 0.1) is 9.30 Å². The van der Waals surface area contributed by atoms with Crippen LogP contribution in [-0.4, -0.2) is 10.7 Å². The number of hydrogen-bond acceptors (Lipinski definition) is 1. The monoisotopic (exact) mass is 323 g/mol. The molecule has 0 aliphatic rings. The van der Waals surface area contributed by atoms with Gasteiger partial charge < -0.3 is 5.32 Å². The Kier molecular flexibility index (Phi) is 4.07. The van der Waals surface area contributed by atoms with Crippen molar-refractivity contribution < 1.29 is 9.18 Å². The highest BCUT2D eigenvalue weighted by Crippen LogP contribution is 2.20. The topological polar surface area (TPSA) is 29.1 Å². The number of hydrogen-bond donors (Lipinski definition) is 1. The van der Waals surface area contributed by atoms with E-state index < -0.39 is 0 Å². The Morgan fingerprint density at radius 2 is 2.21 bits per heavy atom. The van der Waals surface area contributed by atoms with E-state index in [2.05, 4.69) is 37.2 Å². The molecule has 0 fully saturated rings. The smallest absolute Gasteiger partial charge is 0.237 e. The number of nitrogens with one attached hydrogen (secondary N) is 1. The number of carbonyl (C=O) groups is 1. The van der Waals surface area contributed by atoms with Crippen LogP contribution in [0, 0.1) is 5.82 Å². The fourth-order valence-corrected chi connectivity index (χ4v) is 1.31. The van der Waals surface area contributed by atoms with Crippen LogP contribution in [0.25, 0.3) is 0 Å². The minimum Gasteiger partial charge on any atom is -0.325 e. The van der Waals surface area contributed by atoms with Crippen LogP contribution in [0.2, 0.25) is 0 Å². The van der Waals surface area contributed by atoms with Gasteiger partial charge in [-0.3, -0.25) is 4.79 Å². The molecule has 0 saturated heterocycles. The first-order valence-electron chi connectivity index (χ1n) is 3.90. The second kappa shape index (κ2) is 4.89. The zero-order valence-electron chi connectivity index (χ0n) is 7.35. The van der Waals surface area contributed by atoms with Crippen molar-refractivity contribution in [2.45, 2.75) is 11.8 Å². The van der Waals surface area contributed by atoms with Crippen molar-refractivity contribution in [1.29, 1.82) is 0 Å². The van der Waals surface area contributed by atoms with Crippen molar-refractivity contribution in [3.8, 4) is 0 Å². The molecule has 2 nitrogen and oxygen atoms in total. The predicted octanol–water partition coefficient (Wildman–Crippen LogP) is 3.31. The van der Waals surface area contributed by atoms with Gasteiger partial charge in [-0.2, -0.15) is 0 Å². The number of alkyl halides is 1. The normalized spacial score (nSPS) is 12.3. The lowest BCUT2D eigenvalue weighted by molar-refractivity contribution is -0.115. The van der Waals surface area contributed by atoms with Crippen molar-refractivity contribution in [3.63, 3.8) is 0 Å². The summed E-state index contributed by atoms with van der Waals surface area (Å²) in [5.41, 5.74) is 0.564. The highest BCUT2D eigenvalue weighted by atomic mass is 79.9. The van der Waals surface area contributed by atoms with Gasteiger partial charge in [-0.25, -0.2) is 4.39 Å². The Morgan fingerprint density at radius 3 is 2.71 bits per heavy atom. The van der Waals surface area contributed by atoms with Crippen LogP contribution >= 0.6 is 31.9 Å². The third kappa shape index (κ3) is 3.06. The molecular formula is C9H8Br2FNO. The summed E-state index contributed by atoms with van der Waals surface area (Å²) >= 11 is 6.17. The van der Waals surface area contributed by atoms with Crippen molar-refractivity contribution in [2.75, 3.05) is 5.32 Å². The molecule has 0 bridgehead atoms. The molecule has 0 radical (unpaired) electrons. The second-order valence-electron chi connectivity index (χ2n) is 2.73. The van der Waals surface area contributed by atoms with Crippen molar-refractivity contribution in [2.24, 2.45) is 0 Å². The standard InChI is InChI=1S/C9H8Br2FNO/c1-5(10)9(14)13-6-2-3-8(12)7(11)4-6/h2-5H,1H3,(H,13,14). The zero-order valence-corrected chi connectivity index (χ0v) is 10.5. The van der Waals surface area contributed by atoms with Gasteiger partial charge in [-0.1, -0.05) is 15.9 Å². The first-order chi connectivity index (χ1) is 6.50. The molecule has 1 rings (SSSR count). The maximum absolute atomic E-state index is 12.8. The molecule has 1 N–H and O–H groups in total. The third-order valence-corrected chi connectivity index (χ3v) is 2.57. The molecular weight excluding hydrogens is 317 g/mol. The molecule has 0 spiro atoms. The predicted molar refractivity (Wildman–Crippen MR) is 61.1 cm³/mol. The van der Waals surface area contributed by atoms with E-state index >= 15 is 0 Å². The van der Waals surface area contributed by atoms with E-state index in [-0.39, 0.29) is 16.6 Å². The molecule has 0 saturated carbocycles. The van der Waals surface area contributed by atoms with Gasteiger partial charge in [-0.05, 0) is 41.1 Å². The van der Waals surface area contributed by atoms with Crippen LogP contribution in [0.5, 0.6) is 0 Å². The summed E-state index contributed by atoms with van der Waals surface area (Å²) in [6.45, 7) is 1.72. The summed E-state index contributed by atoms with van der Waals surface area (Å²) < 4.78 is 13.2. The lowest BCUT2D eigenvalue weighted by atomic mass is 10.3. The van der Waals surface area contributed by atoms with E-state index in [0.29, 0.717) is 10.2 Å². The first-order valence-corrected chi connectivity index (χ1v) is 5.61. The maximum Gasteiger partial charge on any atom is 0.237 e. The number of amides is 1. The van der Waals surface area contributed by atoms with Crippen molar-refractivity contribution in [1.82, 2.24) is 0 Å². The molecule has 5 heteroatoms. The molecule has 0 aliphatic carbocycles. The number of anilines is 1. The quantitative estimate of drug-likeness (QED) is 0.831. The van der Waals surface area contributed by atoms with E-state index in [0.717, 1.165) is 0 Å². The van der Waals surface area contributed by atoms with Gasteiger partial charge in [-0.15, -0.1) is 0 Å². The van der Waals surface area contributed by atoms with E-state index in [1.54, 1.807) is 6.92 Å². The van der Waals surface area contributed by atoms with E-state index in [9.17, 15) is 9.18 Å². The lowest BCUT2D eigenvalue weighted by Gasteiger charge is -2.06. The van der Waals surface area contributed by atoms with E-state index in [1.807, 2.05) is 0 Å². The molecule has 0 aliphatic heterocycles. The van der Waals surface area contributed by atoms with Crippen LogP contribution in [0.15, 0.2) is 22.7 Å². The van der Waals surface area contributed by atoms with Crippen molar-refractivity contribution >= 4 is 43.5 Å². The average Bonchev–Trinajstić information content (AvgIpc) is 2.11. The fraction of sp³-hybridized carbons (Fsp3) is 0.222.